The third-order valence-electron chi connectivity index (χ3n) is 3.50. The van der Waals surface area contributed by atoms with E-state index in [-0.39, 0.29) is 5.54 Å². The van der Waals surface area contributed by atoms with E-state index in [0.717, 1.165) is 25.5 Å². The molecule has 4 heteroatoms. The van der Waals surface area contributed by atoms with E-state index in [4.69, 9.17) is 4.99 Å². The number of aryl methyl sites for hydroxylation is 1. The summed E-state index contributed by atoms with van der Waals surface area (Å²) in [6, 6.07) is 8.46. The molecular formula is C18H28N4. The van der Waals surface area contributed by atoms with Gasteiger partial charge >= 0.3 is 0 Å². The maximum Gasteiger partial charge on any atom is 0.191 e. The number of nitrogens with zero attached hydrogens (tertiary/aromatic N) is 1. The summed E-state index contributed by atoms with van der Waals surface area (Å²) in [6.07, 6.45) is 0.941. The van der Waals surface area contributed by atoms with Crippen molar-refractivity contribution in [1.29, 1.82) is 0 Å². The molecule has 120 valence electrons. The molecule has 0 aliphatic heterocycles. The minimum Gasteiger partial charge on any atom is -0.358 e. The Labute approximate surface area is 133 Å². The number of hydrogen-bond acceptors (Lipinski definition) is 1. The number of aromatic nitrogens is 1. The highest BCUT2D eigenvalue weighted by atomic mass is 15.2. The van der Waals surface area contributed by atoms with Gasteiger partial charge in [0.15, 0.2) is 5.96 Å². The molecule has 1 heterocycles. The summed E-state index contributed by atoms with van der Waals surface area (Å²) >= 11 is 0. The third-order valence-corrected chi connectivity index (χ3v) is 3.50. The predicted molar refractivity (Wildman–Crippen MR) is 95.6 cm³/mol. The van der Waals surface area contributed by atoms with Crippen molar-refractivity contribution in [3.05, 3.63) is 35.5 Å². The largest absolute Gasteiger partial charge is 0.358 e. The Morgan fingerprint density at radius 2 is 1.95 bits per heavy atom. The Hall–Kier alpha value is -1.97. The molecule has 2 aromatic rings. The molecule has 4 nitrogen and oxygen atoms in total. The highest BCUT2D eigenvalue weighted by molar-refractivity contribution is 5.84. The van der Waals surface area contributed by atoms with Crippen LogP contribution in [-0.4, -0.2) is 29.6 Å². The molecule has 1 aromatic heterocycles. The number of nitrogens with one attached hydrogen (secondary N) is 3. The fourth-order valence-corrected chi connectivity index (χ4v) is 2.60. The quantitative estimate of drug-likeness (QED) is 0.599. The summed E-state index contributed by atoms with van der Waals surface area (Å²) in [5.74, 6) is 0.882. The van der Waals surface area contributed by atoms with Gasteiger partial charge in [0, 0.05) is 35.2 Å². The Morgan fingerprint density at radius 1 is 1.23 bits per heavy atom. The summed E-state index contributed by atoms with van der Waals surface area (Å²) in [5, 5.41) is 8.03. The second-order valence-electron chi connectivity index (χ2n) is 6.66. The number of aliphatic imine (C=N–C) groups is 1. The summed E-state index contributed by atoms with van der Waals surface area (Å²) in [7, 11) is 0. The van der Waals surface area contributed by atoms with Crippen molar-refractivity contribution in [2.45, 2.75) is 46.6 Å². The van der Waals surface area contributed by atoms with E-state index >= 15 is 0 Å². The van der Waals surface area contributed by atoms with Gasteiger partial charge in [0.05, 0.1) is 0 Å². The Bertz CT molecular complexity index is 647. The van der Waals surface area contributed by atoms with Gasteiger partial charge in [-0.25, -0.2) is 0 Å². The molecule has 0 saturated heterocycles. The summed E-state index contributed by atoms with van der Waals surface area (Å²) < 4.78 is 0. The lowest BCUT2D eigenvalue weighted by molar-refractivity contribution is 0.501. The zero-order chi connectivity index (χ0) is 16.2. The van der Waals surface area contributed by atoms with Crippen LogP contribution in [-0.2, 0) is 6.42 Å². The van der Waals surface area contributed by atoms with Gasteiger partial charge in [-0.1, -0.05) is 18.2 Å². The first-order valence-corrected chi connectivity index (χ1v) is 8.03. The van der Waals surface area contributed by atoms with Crippen molar-refractivity contribution in [3.63, 3.8) is 0 Å². The summed E-state index contributed by atoms with van der Waals surface area (Å²) in [4.78, 5) is 8.15. The fraction of sp³-hybridized carbons (Fsp3) is 0.500. The first-order valence-electron chi connectivity index (χ1n) is 8.03. The number of benzene rings is 1. The molecule has 0 spiro atoms. The van der Waals surface area contributed by atoms with Gasteiger partial charge in [-0.2, -0.15) is 0 Å². The van der Waals surface area contributed by atoms with Crippen LogP contribution in [0.15, 0.2) is 29.3 Å². The van der Waals surface area contributed by atoms with Gasteiger partial charge in [-0.05, 0) is 52.7 Å². The minimum absolute atomic E-state index is 0.0116. The van der Waals surface area contributed by atoms with Gasteiger partial charge in [0.2, 0.25) is 0 Å². The number of guanidine groups is 1. The van der Waals surface area contributed by atoms with Gasteiger partial charge in [0.25, 0.3) is 0 Å². The van der Waals surface area contributed by atoms with Crippen LogP contribution in [0.1, 0.15) is 39.0 Å². The number of hydrogen-bond donors (Lipinski definition) is 3. The van der Waals surface area contributed by atoms with Crippen LogP contribution in [0.2, 0.25) is 0 Å². The predicted octanol–water partition coefficient (Wildman–Crippen LogP) is 3.37. The number of rotatable bonds is 4. The Kier molecular flexibility index (Phi) is 5.11. The van der Waals surface area contributed by atoms with E-state index in [2.05, 4.69) is 74.5 Å². The van der Waals surface area contributed by atoms with Gasteiger partial charge in [-0.15, -0.1) is 0 Å². The highest BCUT2D eigenvalue weighted by Crippen LogP contribution is 2.22. The molecule has 0 fully saturated rings. The second-order valence-corrected chi connectivity index (χ2v) is 6.66. The van der Waals surface area contributed by atoms with Gasteiger partial charge in [-0.3, -0.25) is 4.99 Å². The zero-order valence-electron chi connectivity index (χ0n) is 14.4. The summed E-state index contributed by atoms with van der Waals surface area (Å²) in [6.45, 7) is 12.3. The molecule has 2 rings (SSSR count). The molecule has 0 aliphatic carbocycles. The number of para-hydroxylation sites is 1. The van der Waals surface area contributed by atoms with Crippen LogP contribution in [0.25, 0.3) is 10.9 Å². The maximum absolute atomic E-state index is 4.70. The molecule has 0 bridgehead atoms. The molecule has 22 heavy (non-hydrogen) atoms. The van der Waals surface area contributed by atoms with Crippen molar-refractivity contribution in [2.75, 3.05) is 13.1 Å². The van der Waals surface area contributed by atoms with Crippen LogP contribution in [0.5, 0.6) is 0 Å². The molecule has 1 aromatic carbocycles. The molecule has 0 radical (unpaired) electrons. The van der Waals surface area contributed by atoms with Gasteiger partial charge in [0.1, 0.15) is 0 Å². The number of fused-ring (bicyclic) bond motifs is 1. The van der Waals surface area contributed by atoms with Crippen LogP contribution in [0.3, 0.4) is 0 Å². The molecule has 0 atom stereocenters. The molecule has 0 unspecified atom stereocenters. The van der Waals surface area contributed by atoms with Crippen molar-refractivity contribution in [1.82, 2.24) is 15.6 Å². The van der Waals surface area contributed by atoms with E-state index in [1.54, 1.807) is 0 Å². The van der Waals surface area contributed by atoms with Gasteiger partial charge < -0.3 is 15.6 Å². The normalized spacial score (nSPS) is 12.7. The minimum atomic E-state index is 0.0116. The second kappa shape index (κ2) is 6.86. The van der Waals surface area contributed by atoms with E-state index in [0.29, 0.717) is 0 Å². The van der Waals surface area contributed by atoms with E-state index < -0.39 is 0 Å². The van der Waals surface area contributed by atoms with Crippen molar-refractivity contribution in [2.24, 2.45) is 4.99 Å². The SMILES string of the molecule is CCNC(=NCCc1c(C)[nH]c2ccccc12)NC(C)(C)C. The lowest BCUT2D eigenvalue weighted by Crippen LogP contribution is -2.47. The maximum atomic E-state index is 4.70. The fourth-order valence-electron chi connectivity index (χ4n) is 2.60. The van der Waals surface area contributed by atoms with Crippen LogP contribution < -0.4 is 10.6 Å². The lowest BCUT2D eigenvalue weighted by atomic mass is 10.1. The molecule has 0 saturated carbocycles. The average Bonchev–Trinajstić information content (AvgIpc) is 2.74. The molecular weight excluding hydrogens is 272 g/mol. The lowest BCUT2D eigenvalue weighted by Gasteiger charge is -2.23. The van der Waals surface area contributed by atoms with E-state index in [1.165, 1.54) is 22.2 Å². The molecule has 0 amide bonds. The van der Waals surface area contributed by atoms with E-state index in [9.17, 15) is 0 Å². The van der Waals surface area contributed by atoms with Crippen molar-refractivity contribution in [3.8, 4) is 0 Å². The third kappa shape index (κ3) is 4.26. The first-order chi connectivity index (χ1) is 10.4. The number of H-pyrrole nitrogens is 1. The van der Waals surface area contributed by atoms with Crippen LogP contribution >= 0.6 is 0 Å². The Balaban J connectivity index is 2.09. The standard InChI is InChI=1S/C18H28N4/c1-6-19-17(22-18(3,4)5)20-12-11-14-13(2)21-16-10-8-7-9-15(14)16/h7-10,21H,6,11-12H2,1-5H3,(H2,19,20,22). The van der Waals surface area contributed by atoms with E-state index in [1.807, 2.05) is 0 Å². The first kappa shape index (κ1) is 16.4. The van der Waals surface area contributed by atoms with Crippen LogP contribution in [0.4, 0.5) is 0 Å². The monoisotopic (exact) mass is 300 g/mol. The topological polar surface area (TPSA) is 52.2 Å². The molecule has 3 N–H and O–H groups in total. The van der Waals surface area contributed by atoms with Crippen molar-refractivity contribution < 1.29 is 0 Å². The molecule has 0 aliphatic rings. The smallest absolute Gasteiger partial charge is 0.191 e. The highest BCUT2D eigenvalue weighted by Gasteiger charge is 2.12. The summed E-state index contributed by atoms with van der Waals surface area (Å²) in [5.41, 5.74) is 3.83. The van der Waals surface area contributed by atoms with Crippen molar-refractivity contribution >= 4 is 16.9 Å². The zero-order valence-corrected chi connectivity index (χ0v) is 14.4. The Morgan fingerprint density at radius 3 is 2.64 bits per heavy atom. The van der Waals surface area contributed by atoms with Crippen LogP contribution in [0, 0.1) is 6.92 Å². The average molecular weight is 300 g/mol. The number of aromatic amines is 1.